The third kappa shape index (κ3) is 2.16. The van der Waals surface area contributed by atoms with Gasteiger partial charge in [-0.15, -0.1) is 0 Å². The topological polar surface area (TPSA) is 39.1 Å². The molecule has 4 nitrogen and oxygen atoms in total. The van der Waals surface area contributed by atoms with E-state index in [1.165, 1.54) is 31.4 Å². The molecule has 1 aromatic heterocycles. The molecule has 0 aliphatic heterocycles. The normalized spacial score (nSPS) is 30.8. The summed E-state index contributed by atoms with van der Waals surface area (Å²) in [5, 5.41) is 8.05. The largest absolute Gasteiger partial charge is 0.493 e. The zero-order valence-electron chi connectivity index (χ0n) is 12.2. The lowest BCUT2D eigenvalue weighted by Gasteiger charge is -2.20. The lowest BCUT2D eigenvalue weighted by atomic mass is 10.0. The molecule has 3 rings (SSSR count). The summed E-state index contributed by atoms with van der Waals surface area (Å²) in [7, 11) is 3.76. The van der Waals surface area contributed by atoms with Gasteiger partial charge in [-0.2, -0.15) is 5.10 Å². The quantitative estimate of drug-likeness (QED) is 0.887. The summed E-state index contributed by atoms with van der Waals surface area (Å²) in [4.78, 5) is 0. The summed E-state index contributed by atoms with van der Waals surface area (Å²) >= 11 is 0. The molecule has 1 heterocycles. The second-order valence-electron chi connectivity index (χ2n) is 5.95. The zero-order chi connectivity index (χ0) is 13.4. The second kappa shape index (κ2) is 5.16. The molecule has 1 aromatic rings. The van der Waals surface area contributed by atoms with E-state index in [1.54, 1.807) is 7.11 Å². The van der Waals surface area contributed by atoms with E-state index < -0.39 is 0 Å². The average molecular weight is 263 g/mol. The van der Waals surface area contributed by atoms with Gasteiger partial charge in [-0.1, -0.05) is 19.8 Å². The molecule has 2 aliphatic carbocycles. The lowest BCUT2D eigenvalue weighted by molar-refractivity contribution is 0.376. The Bertz CT molecular complexity index is 431. The Balaban J connectivity index is 1.86. The first-order valence-corrected chi connectivity index (χ1v) is 7.57. The van der Waals surface area contributed by atoms with E-state index in [2.05, 4.69) is 17.3 Å². The van der Waals surface area contributed by atoms with E-state index in [9.17, 15) is 0 Å². The minimum atomic E-state index is 0.403. The van der Waals surface area contributed by atoms with Crippen molar-refractivity contribution >= 4 is 0 Å². The Morgan fingerprint density at radius 3 is 2.68 bits per heavy atom. The van der Waals surface area contributed by atoms with Crippen LogP contribution in [0.3, 0.4) is 0 Å². The Morgan fingerprint density at radius 2 is 2.11 bits per heavy atom. The Hall–Kier alpha value is -1.03. The van der Waals surface area contributed by atoms with Crippen LogP contribution in [0, 0.1) is 17.8 Å². The summed E-state index contributed by atoms with van der Waals surface area (Å²) in [6.07, 6.45) is 7.50. The highest BCUT2D eigenvalue weighted by Gasteiger charge is 2.55. The van der Waals surface area contributed by atoms with Gasteiger partial charge in [0.15, 0.2) is 5.75 Å². The summed E-state index contributed by atoms with van der Waals surface area (Å²) < 4.78 is 7.48. The fourth-order valence-electron chi connectivity index (χ4n) is 4.12. The van der Waals surface area contributed by atoms with Gasteiger partial charge < -0.3 is 10.1 Å². The number of rotatable bonds is 5. The van der Waals surface area contributed by atoms with Crippen molar-refractivity contribution in [2.45, 2.75) is 38.6 Å². The maximum Gasteiger partial charge on any atom is 0.161 e. The van der Waals surface area contributed by atoms with Crippen LogP contribution >= 0.6 is 0 Å². The van der Waals surface area contributed by atoms with E-state index in [4.69, 9.17) is 4.74 Å². The van der Waals surface area contributed by atoms with Crippen LogP contribution in [-0.2, 0) is 7.05 Å². The number of nitrogens with one attached hydrogen (secondary N) is 1. The molecule has 4 heteroatoms. The van der Waals surface area contributed by atoms with Crippen molar-refractivity contribution in [3.63, 3.8) is 0 Å². The molecule has 2 aliphatic rings. The molecular weight excluding hydrogens is 238 g/mol. The summed E-state index contributed by atoms with van der Waals surface area (Å²) in [5.74, 6) is 3.57. The van der Waals surface area contributed by atoms with Gasteiger partial charge in [0, 0.05) is 7.05 Å². The molecule has 2 saturated carbocycles. The van der Waals surface area contributed by atoms with Crippen molar-refractivity contribution in [1.82, 2.24) is 15.1 Å². The summed E-state index contributed by atoms with van der Waals surface area (Å²) in [6, 6.07) is 0.403. The van der Waals surface area contributed by atoms with E-state index in [1.807, 2.05) is 17.9 Å². The average Bonchev–Trinajstić information content (AvgIpc) is 3.04. The van der Waals surface area contributed by atoms with Crippen LogP contribution < -0.4 is 10.1 Å². The Labute approximate surface area is 115 Å². The smallest absolute Gasteiger partial charge is 0.161 e. The van der Waals surface area contributed by atoms with E-state index in [0.717, 1.165) is 30.0 Å². The summed E-state index contributed by atoms with van der Waals surface area (Å²) in [6.45, 7) is 3.18. The van der Waals surface area contributed by atoms with Gasteiger partial charge in [0.1, 0.15) is 0 Å². The molecule has 0 bridgehead atoms. The molecule has 3 unspecified atom stereocenters. The van der Waals surface area contributed by atoms with Gasteiger partial charge in [0.05, 0.1) is 25.0 Å². The highest BCUT2D eigenvalue weighted by Crippen LogP contribution is 2.60. The van der Waals surface area contributed by atoms with Crippen LogP contribution in [0.25, 0.3) is 0 Å². The van der Waals surface area contributed by atoms with Crippen molar-refractivity contribution in [3.05, 3.63) is 11.9 Å². The molecule has 0 saturated heterocycles. The van der Waals surface area contributed by atoms with Gasteiger partial charge >= 0.3 is 0 Å². The third-order valence-electron chi connectivity index (χ3n) is 5.00. The standard InChI is InChI=1S/C15H25N3O/c1-4-16-14(13-10-7-5-6-8-11(10)13)15-12(19-3)9-17-18(15)2/h9-11,13-14,16H,4-8H2,1-3H3. The van der Waals surface area contributed by atoms with Crippen molar-refractivity contribution in [1.29, 1.82) is 0 Å². The summed E-state index contributed by atoms with van der Waals surface area (Å²) in [5.41, 5.74) is 1.23. The second-order valence-corrected chi connectivity index (χ2v) is 5.95. The molecule has 19 heavy (non-hydrogen) atoms. The Kier molecular flexibility index (Phi) is 3.52. The highest BCUT2D eigenvalue weighted by molar-refractivity contribution is 5.30. The lowest BCUT2D eigenvalue weighted by Crippen LogP contribution is -2.26. The minimum absolute atomic E-state index is 0.403. The van der Waals surface area contributed by atoms with Gasteiger partial charge in [-0.25, -0.2) is 0 Å². The molecule has 0 amide bonds. The van der Waals surface area contributed by atoms with Gasteiger partial charge in [0.25, 0.3) is 0 Å². The number of nitrogens with zero attached hydrogens (tertiary/aromatic N) is 2. The molecule has 0 aromatic carbocycles. The van der Waals surface area contributed by atoms with E-state index in [0.29, 0.717) is 6.04 Å². The number of aryl methyl sites for hydroxylation is 1. The zero-order valence-corrected chi connectivity index (χ0v) is 12.2. The van der Waals surface area contributed by atoms with Crippen LogP contribution in [-0.4, -0.2) is 23.4 Å². The highest BCUT2D eigenvalue weighted by atomic mass is 16.5. The van der Waals surface area contributed by atoms with Crippen molar-refractivity contribution in [3.8, 4) is 5.75 Å². The first-order valence-electron chi connectivity index (χ1n) is 7.57. The molecule has 106 valence electrons. The molecule has 0 radical (unpaired) electrons. The van der Waals surface area contributed by atoms with Gasteiger partial charge in [-0.05, 0) is 37.1 Å². The number of hydrogen-bond acceptors (Lipinski definition) is 3. The predicted molar refractivity (Wildman–Crippen MR) is 75.1 cm³/mol. The molecule has 2 fully saturated rings. The Morgan fingerprint density at radius 1 is 1.42 bits per heavy atom. The minimum Gasteiger partial charge on any atom is -0.493 e. The van der Waals surface area contributed by atoms with Gasteiger partial charge in [0.2, 0.25) is 0 Å². The third-order valence-corrected chi connectivity index (χ3v) is 5.00. The van der Waals surface area contributed by atoms with Crippen molar-refractivity contribution < 1.29 is 4.74 Å². The maximum atomic E-state index is 5.50. The maximum absolute atomic E-state index is 5.50. The van der Waals surface area contributed by atoms with Crippen LogP contribution in [0.1, 0.15) is 44.3 Å². The van der Waals surface area contributed by atoms with E-state index in [-0.39, 0.29) is 0 Å². The van der Waals surface area contributed by atoms with Crippen LogP contribution in [0.5, 0.6) is 5.75 Å². The number of fused-ring (bicyclic) bond motifs is 1. The number of hydrogen-bond donors (Lipinski definition) is 1. The van der Waals surface area contributed by atoms with Crippen LogP contribution in [0.4, 0.5) is 0 Å². The molecule has 3 atom stereocenters. The fraction of sp³-hybridized carbons (Fsp3) is 0.800. The molecule has 0 spiro atoms. The monoisotopic (exact) mass is 263 g/mol. The number of ether oxygens (including phenoxy) is 1. The first-order chi connectivity index (χ1) is 9.27. The van der Waals surface area contributed by atoms with Crippen molar-refractivity contribution in [2.24, 2.45) is 24.8 Å². The first kappa shape index (κ1) is 13.0. The fourth-order valence-corrected chi connectivity index (χ4v) is 4.12. The van der Waals surface area contributed by atoms with Crippen LogP contribution in [0.15, 0.2) is 6.20 Å². The number of aromatic nitrogens is 2. The van der Waals surface area contributed by atoms with Crippen LogP contribution in [0.2, 0.25) is 0 Å². The van der Waals surface area contributed by atoms with Gasteiger partial charge in [-0.3, -0.25) is 4.68 Å². The number of methoxy groups -OCH3 is 1. The van der Waals surface area contributed by atoms with Crippen molar-refractivity contribution in [2.75, 3.05) is 13.7 Å². The molecule has 1 N–H and O–H groups in total. The molecular formula is C15H25N3O. The predicted octanol–water partition coefficient (Wildman–Crippen LogP) is 2.52. The SMILES string of the molecule is CCNC(c1c(OC)cnn1C)C1C2CCCCC21. The van der Waals surface area contributed by atoms with E-state index >= 15 is 0 Å².